The van der Waals surface area contributed by atoms with E-state index >= 15 is 0 Å². The van der Waals surface area contributed by atoms with Crippen molar-refractivity contribution >= 4 is 5.91 Å². The number of aromatic nitrogens is 2. The number of aromatic amines is 1. The number of nitrogens with one attached hydrogen (secondary N) is 2. The maximum atomic E-state index is 10.9. The minimum absolute atomic E-state index is 0.0906. The summed E-state index contributed by atoms with van der Waals surface area (Å²) in [4.78, 5) is 10.9. The lowest BCUT2D eigenvalue weighted by molar-refractivity contribution is -0.116. The number of H-pyrrole nitrogens is 1. The predicted octanol–water partition coefficient (Wildman–Crippen LogP) is 0.602. The van der Waals surface area contributed by atoms with E-state index in [1.54, 1.807) is 19.2 Å². The zero-order valence-corrected chi connectivity index (χ0v) is 6.87. The molecule has 12 heavy (non-hydrogen) atoms. The second-order valence-corrected chi connectivity index (χ2v) is 2.30. The molecule has 1 rings (SSSR count). The predicted molar refractivity (Wildman–Crippen MR) is 45.2 cm³/mol. The summed E-state index contributed by atoms with van der Waals surface area (Å²) < 4.78 is 0. The molecule has 0 atom stereocenters. The van der Waals surface area contributed by atoms with Gasteiger partial charge in [-0.2, -0.15) is 5.10 Å². The Labute approximate surface area is 70.7 Å². The van der Waals surface area contributed by atoms with Crippen molar-refractivity contribution in [3.05, 3.63) is 30.1 Å². The minimum atomic E-state index is -0.0906. The van der Waals surface area contributed by atoms with Crippen molar-refractivity contribution in [1.82, 2.24) is 15.5 Å². The average molecular weight is 165 g/mol. The summed E-state index contributed by atoms with van der Waals surface area (Å²) in [6, 6.07) is 1.82. The molecular weight excluding hydrogens is 154 g/mol. The van der Waals surface area contributed by atoms with Crippen molar-refractivity contribution in [2.24, 2.45) is 0 Å². The topological polar surface area (TPSA) is 57.8 Å². The molecule has 0 bridgehead atoms. The monoisotopic (exact) mass is 165 g/mol. The van der Waals surface area contributed by atoms with Gasteiger partial charge in [0.15, 0.2) is 0 Å². The largest absolute Gasteiger partial charge is 0.347 e. The Morgan fingerprint density at radius 1 is 1.83 bits per heavy atom. The molecule has 0 spiro atoms. The fourth-order valence-corrected chi connectivity index (χ4v) is 0.776. The lowest BCUT2D eigenvalue weighted by atomic mass is 10.4. The van der Waals surface area contributed by atoms with E-state index in [-0.39, 0.29) is 5.91 Å². The van der Waals surface area contributed by atoms with Crippen molar-refractivity contribution < 1.29 is 4.79 Å². The van der Waals surface area contributed by atoms with Crippen LogP contribution in [-0.4, -0.2) is 16.1 Å². The Bertz CT molecular complexity index is 264. The van der Waals surface area contributed by atoms with E-state index in [0.29, 0.717) is 6.54 Å². The van der Waals surface area contributed by atoms with Crippen molar-refractivity contribution in [3.8, 4) is 0 Å². The molecule has 2 N–H and O–H groups in total. The number of allylic oxidation sites excluding steroid dienone is 1. The fourth-order valence-electron chi connectivity index (χ4n) is 0.776. The summed E-state index contributed by atoms with van der Waals surface area (Å²) in [7, 11) is 0. The van der Waals surface area contributed by atoms with Crippen LogP contribution in [0.2, 0.25) is 0 Å². The standard InChI is InChI=1S/C8H11N3O/c1-2-3-8(12)9-6-7-4-5-10-11-7/h2-5H,6H2,1H3,(H,9,12)(H,10,11)/b3-2+. The van der Waals surface area contributed by atoms with Crippen LogP contribution in [0.4, 0.5) is 0 Å². The maximum Gasteiger partial charge on any atom is 0.243 e. The van der Waals surface area contributed by atoms with E-state index in [4.69, 9.17) is 0 Å². The number of carbonyl (C=O) groups is 1. The summed E-state index contributed by atoms with van der Waals surface area (Å²) in [5.41, 5.74) is 0.896. The lowest BCUT2D eigenvalue weighted by Crippen LogP contribution is -2.20. The van der Waals surface area contributed by atoms with Crippen LogP contribution in [-0.2, 0) is 11.3 Å². The number of carbonyl (C=O) groups excluding carboxylic acids is 1. The molecule has 64 valence electrons. The van der Waals surface area contributed by atoms with E-state index in [2.05, 4.69) is 15.5 Å². The molecule has 1 aromatic rings. The van der Waals surface area contributed by atoms with Gasteiger partial charge in [-0.15, -0.1) is 0 Å². The maximum absolute atomic E-state index is 10.9. The molecule has 0 saturated heterocycles. The zero-order chi connectivity index (χ0) is 8.81. The third-order valence-corrected chi connectivity index (χ3v) is 1.33. The van der Waals surface area contributed by atoms with Crippen molar-refractivity contribution in [3.63, 3.8) is 0 Å². The quantitative estimate of drug-likeness (QED) is 0.644. The molecule has 0 radical (unpaired) electrons. The van der Waals surface area contributed by atoms with Gasteiger partial charge < -0.3 is 5.32 Å². The first-order valence-electron chi connectivity index (χ1n) is 3.71. The first kappa shape index (κ1) is 8.52. The minimum Gasteiger partial charge on any atom is -0.347 e. The Morgan fingerprint density at radius 3 is 3.25 bits per heavy atom. The Kier molecular flexibility index (Phi) is 3.07. The first-order valence-corrected chi connectivity index (χ1v) is 3.71. The number of nitrogens with zero attached hydrogens (tertiary/aromatic N) is 1. The van der Waals surface area contributed by atoms with Gasteiger partial charge in [0, 0.05) is 6.20 Å². The molecule has 0 aliphatic carbocycles. The SMILES string of the molecule is C/C=C/C(=O)NCc1ccn[nH]1. The zero-order valence-electron chi connectivity index (χ0n) is 6.87. The van der Waals surface area contributed by atoms with E-state index in [9.17, 15) is 4.79 Å². The van der Waals surface area contributed by atoms with E-state index in [1.807, 2.05) is 6.07 Å². The third-order valence-electron chi connectivity index (χ3n) is 1.33. The van der Waals surface area contributed by atoms with Crippen molar-refractivity contribution in [2.45, 2.75) is 13.5 Å². The number of hydrogen-bond acceptors (Lipinski definition) is 2. The van der Waals surface area contributed by atoms with Crippen LogP contribution in [0.5, 0.6) is 0 Å². The van der Waals surface area contributed by atoms with Crippen LogP contribution < -0.4 is 5.32 Å². The molecule has 4 nitrogen and oxygen atoms in total. The molecule has 1 amide bonds. The highest BCUT2D eigenvalue weighted by atomic mass is 16.1. The van der Waals surface area contributed by atoms with Gasteiger partial charge in [0.2, 0.25) is 5.91 Å². The average Bonchev–Trinajstić information content (AvgIpc) is 2.53. The second kappa shape index (κ2) is 4.33. The van der Waals surface area contributed by atoms with E-state index in [0.717, 1.165) is 5.69 Å². The van der Waals surface area contributed by atoms with Crippen molar-refractivity contribution in [2.75, 3.05) is 0 Å². The summed E-state index contributed by atoms with van der Waals surface area (Å²) in [5.74, 6) is -0.0906. The number of amides is 1. The molecule has 0 fully saturated rings. The highest BCUT2D eigenvalue weighted by molar-refractivity contribution is 5.87. The Hall–Kier alpha value is -1.58. The van der Waals surface area contributed by atoms with Crippen LogP contribution >= 0.6 is 0 Å². The molecule has 1 heterocycles. The molecule has 4 heteroatoms. The number of rotatable bonds is 3. The van der Waals surface area contributed by atoms with Gasteiger partial charge in [0.05, 0.1) is 12.2 Å². The van der Waals surface area contributed by atoms with Crippen LogP contribution in [0, 0.1) is 0 Å². The van der Waals surface area contributed by atoms with Gasteiger partial charge >= 0.3 is 0 Å². The van der Waals surface area contributed by atoms with E-state index < -0.39 is 0 Å². The smallest absolute Gasteiger partial charge is 0.243 e. The normalized spacial score (nSPS) is 10.4. The molecule has 0 aromatic carbocycles. The summed E-state index contributed by atoms with van der Waals surface area (Å²) in [6.07, 6.45) is 4.83. The lowest BCUT2D eigenvalue weighted by Gasteiger charge is -1.97. The summed E-state index contributed by atoms with van der Waals surface area (Å²) in [6.45, 7) is 2.29. The third kappa shape index (κ3) is 2.57. The van der Waals surface area contributed by atoms with Gasteiger partial charge in [-0.25, -0.2) is 0 Å². The van der Waals surface area contributed by atoms with Crippen LogP contribution in [0.1, 0.15) is 12.6 Å². The highest BCUT2D eigenvalue weighted by Gasteiger charge is 1.95. The van der Waals surface area contributed by atoms with Gasteiger partial charge in [-0.1, -0.05) is 6.08 Å². The molecule has 0 unspecified atom stereocenters. The fraction of sp³-hybridized carbons (Fsp3) is 0.250. The Balaban J connectivity index is 2.31. The molecule has 0 aliphatic heterocycles. The van der Waals surface area contributed by atoms with Gasteiger partial charge in [-0.3, -0.25) is 9.89 Å². The molecule has 0 aliphatic rings. The first-order chi connectivity index (χ1) is 5.83. The van der Waals surface area contributed by atoms with Gasteiger partial charge in [0.1, 0.15) is 0 Å². The van der Waals surface area contributed by atoms with Crippen LogP contribution in [0.15, 0.2) is 24.4 Å². The van der Waals surface area contributed by atoms with Crippen molar-refractivity contribution in [1.29, 1.82) is 0 Å². The Morgan fingerprint density at radius 2 is 2.67 bits per heavy atom. The van der Waals surface area contributed by atoms with E-state index in [1.165, 1.54) is 6.08 Å². The van der Waals surface area contributed by atoms with Gasteiger partial charge in [0.25, 0.3) is 0 Å². The second-order valence-electron chi connectivity index (χ2n) is 2.30. The summed E-state index contributed by atoms with van der Waals surface area (Å²) >= 11 is 0. The molecular formula is C8H11N3O. The number of hydrogen-bond donors (Lipinski definition) is 2. The van der Waals surface area contributed by atoms with Crippen LogP contribution in [0.3, 0.4) is 0 Å². The highest BCUT2D eigenvalue weighted by Crippen LogP contribution is 1.89. The van der Waals surface area contributed by atoms with Crippen LogP contribution in [0.25, 0.3) is 0 Å². The molecule has 1 aromatic heterocycles. The van der Waals surface area contributed by atoms with Gasteiger partial charge in [-0.05, 0) is 19.1 Å². The molecule has 0 saturated carbocycles. The summed E-state index contributed by atoms with van der Waals surface area (Å²) in [5, 5.41) is 9.19.